The molecule has 1 heterocycles. The van der Waals surface area contributed by atoms with Crippen LogP contribution in [0, 0.1) is 11.7 Å². The summed E-state index contributed by atoms with van der Waals surface area (Å²) in [6.07, 6.45) is 6.04. The monoisotopic (exact) mass is 384 g/mol. The molecule has 1 amide bonds. The molecule has 1 aromatic rings. The second-order valence-corrected chi connectivity index (χ2v) is 8.82. The van der Waals surface area contributed by atoms with Crippen LogP contribution >= 0.6 is 0 Å². The Labute approximate surface area is 153 Å². The Morgan fingerprint density at radius 2 is 1.88 bits per heavy atom. The zero-order chi connectivity index (χ0) is 18.6. The van der Waals surface area contributed by atoms with E-state index in [1.165, 1.54) is 22.9 Å². The zero-order valence-electron chi connectivity index (χ0n) is 14.7. The third-order valence-corrected chi connectivity index (χ3v) is 6.92. The average molecular weight is 384 g/mol. The van der Waals surface area contributed by atoms with E-state index in [1.807, 2.05) is 0 Å². The molecule has 1 aliphatic carbocycles. The summed E-state index contributed by atoms with van der Waals surface area (Å²) in [5, 5.41) is 2.72. The van der Waals surface area contributed by atoms with Crippen molar-refractivity contribution >= 4 is 21.6 Å². The van der Waals surface area contributed by atoms with E-state index in [1.54, 1.807) is 0 Å². The van der Waals surface area contributed by atoms with E-state index in [-0.39, 0.29) is 19.0 Å². The van der Waals surface area contributed by atoms with Gasteiger partial charge >= 0.3 is 0 Å². The second-order valence-electron chi connectivity index (χ2n) is 6.92. The summed E-state index contributed by atoms with van der Waals surface area (Å²) in [7, 11) is -3.95. The van der Waals surface area contributed by atoms with E-state index in [2.05, 4.69) is 5.32 Å². The molecule has 0 spiro atoms. The molecule has 1 N–H and O–H groups in total. The normalized spacial score (nSPS) is 20.0. The summed E-state index contributed by atoms with van der Waals surface area (Å²) in [4.78, 5) is 11.8. The van der Waals surface area contributed by atoms with E-state index in [0.717, 1.165) is 31.7 Å². The topological polar surface area (TPSA) is 75.7 Å². The number of hydrogen-bond acceptors (Lipinski definition) is 4. The van der Waals surface area contributed by atoms with Gasteiger partial charge in [-0.05, 0) is 37.0 Å². The van der Waals surface area contributed by atoms with Crippen molar-refractivity contribution in [1.29, 1.82) is 0 Å². The maximum Gasteiger partial charge on any atom is 0.246 e. The van der Waals surface area contributed by atoms with Crippen LogP contribution in [-0.4, -0.2) is 44.9 Å². The molecule has 8 heteroatoms. The van der Waals surface area contributed by atoms with Gasteiger partial charge in [-0.1, -0.05) is 19.3 Å². The molecule has 0 aromatic heterocycles. The minimum absolute atomic E-state index is 0.154. The van der Waals surface area contributed by atoms with E-state index >= 15 is 0 Å². The van der Waals surface area contributed by atoms with Crippen LogP contribution in [0.25, 0.3) is 0 Å². The van der Waals surface area contributed by atoms with Gasteiger partial charge in [-0.25, -0.2) is 12.8 Å². The average Bonchev–Trinajstić information content (AvgIpc) is 2.64. The van der Waals surface area contributed by atoms with E-state index in [0.29, 0.717) is 31.2 Å². The van der Waals surface area contributed by atoms with E-state index < -0.39 is 20.7 Å². The number of ether oxygens (including phenoxy) is 1. The highest BCUT2D eigenvalue weighted by Gasteiger charge is 2.29. The molecule has 1 aliphatic heterocycles. The fourth-order valence-corrected chi connectivity index (χ4v) is 5.07. The predicted molar refractivity (Wildman–Crippen MR) is 95.8 cm³/mol. The lowest BCUT2D eigenvalue weighted by atomic mass is 9.87. The van der Waals surface area contributed by atoms with Crippen LogP contribution < -0.4 is 5.32 Å². The Kier molecular flexibility index (Phi) is 6.26. The molecule has 6 nitrogen and oxygen atoms in total. The first-order chi connectivity index (χ1) is 12.5. The SMILES string of the molecule is O=C(CC1CCCCC1)Nc1ccc(F)c(S(=O)(=O)N2CCOCC2)c1. The van der Waals surface area contributed by atoms with Crippen molar-refractivity contribution < 1.29 is 22.3 Å². The molecular weight excluding hydrogens is 359 g/mol. The van der Waals surface area contributed by atoms with Gasteiger partial charge in [-0.3, -0.25) is 4.79 Å². The summed E-state index contributed by atoms with van der Waals surface area (Å²) in [5.74, 6) is -0.597. The van der Waals surface area contributed by atoms with Gasteiger partial charge < -0.3 is 10.1 Å². The second kappa shape index (κ2) is 8.45. The number of morpholine rings is 1. The first-order valence-electron chi connectivity index (χ1n) is 9.14. The lowest BCUT2D eigenvalue weighted by Crippen LogP contribution is -2.40. The number of benzene rings is 1. The highest BCUT2D eigenvalue weighted by molar-refractivity contribution is 7.89. The Balaban J connectivity index is 1.71. The van der Waals surface area contributed by atoms with Crippen LogP contribution in [0.2, 0.25) is 0 Å². The molecule has 2 fully saturated rings. The van der Waals surface area contributed by atoms with Crippen molar-refractivity contribution in [2.45, 2.75) is 43.4 Å². The van der Waals surface area contributed by atoms with E-state index in [4.69, 9.17) is 4.74 Å². The molecule has 144 valence electrons. The number of anilines is 1. The van der Waals surface area contributed by atoms with Crippen molar-refractivity contribution in [2.75, 3.05) is 31.6 Å². The van der Waals surface area contributed by atoms with Gasteiger partial charge in [0.25, 0.3) is 0 Å². The molecule has 0 unspecified atom stereocenters. The number of carbonyl (C=O) groups is 1. The van der Waals surface area contributed by atoms with E-state index in [9.17, 15) is 17.6 Å². The quantitative estimate of drug-likeness (QED) is 0.847. The number of sulfonamides is 1. The summed E-state index contributed by atoms with van der Waals surface area (Å²) in [6.45, 7) is 0.970. The number of halogens is 1. The van der Waals surface area contributed by atoms with Crippen LogP contribution in [0.1, 0.15) is 38.5 Å². The summed E-state index contributed by atoms with van der Waals surface area (Å²) in [6, 6.07) is 3.69. The number of carbonyl (C=O) groups excluding carboxylic acids is 1. The minimum atomic E-state index is -3.95. The first-order valence-corrected chi connectivity index (χ1v) is 10.6. The Morgan fingerprint density at radius 3 is 2.58 bits per heavy atom. The van der Waals surface area contributed by atoms with Crippen molar-refractivity contribution in [3.05, 3.63) is 24.0 Å². The van der Waals surface area contributed by atoms with Crippen molar-refractivity contribution in [1.82, 2.24) is 4.31 Å². The van der Waals surface area contributed by atoms with Gasteiger partial charge in [0.05, 0.1) is 13.2 Å². The molecule has 1 saturated carbocycles. The summed E-state index contributed by atoms with van der Waals surface area (Å²) < 4.78 is 45.9. The number of hydrogen-bond donors (Lipinski definition) is 1. The number of nitrogens with zero attached hydrogens (tertiary/aromatic N) is 1. The molecule has 2 aliphatic rings. The highest BCUT2D eigenvalue weighted by atomic mass is 32.2. The number of amides is 1. The smallest absolute Gasteiger partial charge is 0.246 e. The lowest BCUT2D eigenvalue weighted by molar-refractivity contribution is -0.117. The van der Waals surface area contributed by atoms with Gasteiger partial charge in [0.15, 0.2) is 0 Å². The van der Waals surface area contributed by atoms with Crippen LogP contribution in [0.5, 0.6) is 0 Å². The first kappa shape index (κ1) is 19.3. The fraction of sp³-hybridized carbons (Fsp3) is 0.611. The Bertz CT molecular complexity index is 742. The maximum atomic E-state index is 14.2. The molecule has 3 rings (SSSR count). The van der Waals surface area contributed by atoms with Gasteiger partial charge in [0.1, 0.15) is 10.7 Å². The summed E-state index contributed by atoms with van der Waals surface area (Å²) >= 11 is 0. The Morgan fingerprint density at radius 1 is 1.19 bits per heavy atom. The number of nitrogens with one attached hydrogen (secondary N) is 1. The highest BCUT2D eigenvalue weighted by Crippen LogP contribution is 2.27. The molecule has 0 bridgehead atoms. The van der Waals surface area contributed by atoms with Crippen LogP contribution in [0.15, 0.2) is 23.1 Å². The molecule has 0 radical (unpaired) electrons. The van der Waals surface area contributed by atoms with Gasteiger partial charge in [0.2, 0.25) is 15.9 Å². The van der Waals surface area contributed by atoms with Gasteiger partial charge in [-0.2, -0.15) is 4.31 Å². The van der Waals surface area contributed by atoms with Gasteiger partial charge in [-0.15, -0.1) is 0 Å². The third-order valence-electron chi connectivity index (χ3n) is 5.00. The van der Waals surface area contributed by atoms with Crippen LogP contribution in [0.3, 0.4) is 0 Å². The lowest BCUT2D eigenvalue weighted by Gasteiger charge is -2.26. The molecule has 0 atom stereocenters. The third kappa shape index (κ3) is 4.61. The number of rotatable bonds is 5. The fourth-order valence-electron chi connectivity index (χ4n) is 3.57. The van der Waals surface area contributed by atoms with Crippen LogP contribution in [-0.2, 0) is 19.6 Å². The molecular formula is C18H25FN2O4S. The van der Waals surface area contributed by atoms with Crippen molar-refractivity contribution in [3.8, 4) is 0 Å². The largest absolute Gasteiger partial charge is 0.379 e. The summed E-state index contributed by atoms with van der Waals surface area (Å²) in [5.41, 5.74) is 0.305. The standard InChI is InChI=1S/C18H25FN2O4S/c19-16-7-6-15(20-18(22)12-14-4-2-1-3-5-14)13-17(16)26(23,24)21-8-10-25-11-9-21/h6-7,13-14H,1-5,8-12H2,(H,20,22). The van der Waals surface area contributed by atoms with Crippen molar-refractivity contribution in [2.24, 2.45) is 5.92 Å². The van der Waals surface area contributed by atoms with Gasteiger partial charge in [0, 0.05) is 25.2 Å². The molecule has 1 saturated heterocycles. The maximum absolute atomic E-state index is 14.2. The van der Waals surface area contributed by atoms with Crippen LogP contribution in [0.4, 0.5) is 10.1 Å². The molecule has 1 aromatic carbocycles. The Hall–Kier alpha value is -1.51. The predicted octanol–water partition coefficient (Wildman–Crippen LogP) is 2.76. The zero-order valence-corrected chi connectivity index (χ0v) is 15.6. The van der Waals surface area contributed by atoms with Crippen molar-refractivity contribution in [3.63, 3.8) is 0 Å². The minimum Gasteiger partial charge on any atom is -0.379 e. The molecule has 26 heavy (non-hydrogen) atoms.